The van der Waals surface area contributed by atoms with Crippen LogP contribution in [0.25, 0.3) is 0 Å². The summed E-state index contributed by atoms with van der Waals surface area (Å²) in [4.78, 5) is 0. The van der Waals surface area contributed by atoms with Crippen LogP contribution >= 0.6 is 11.6 Å². The van der Waals surface area contributed by atoms with E-state index in [1.165, 1.54) is 25.3 Å². The van der Waals surface area contributed by atoms with Crippen LogP contribution in [0.1, 0.15) is 51.5 Å². The van der Waals surface area contributed by atoms with Crippen LogP contribution in [0.3, 0.4) is 0 Å². The summed E-state index contributed by atoms with van der Waals surface area (Å²) in [5.41, 5.74) is 0.720. The first-order valence-electron chi connectivity index (χ1n) is 7.34. The normalized spacial score (nSPS) is 12.6. The van der Waals surface area contributed by atoms with Gasteiger partial charge in [-0.3, -0.25) is 0 Å². The first kappa shape index (κ1) is 16.5. The number of nitrogens with one attached hydrogen (secondary N) is 1. The molecular formula is C16H25ClFN. The molecule has 19 heavy (non-hydrogen) atoms. The molecule has 1 atom stereocenters. The van der Waals surface area contributed by atoms with Crippen molar-refractivity contribution in [3.05, 3.63) is 34.6 Å². The van der Waals surface area contributed by atoms with Gasteiger partial charge in [0.05, 0.1) is 0 Å². The lowest BCUT2D eigenvalue weighted by Crippen LogP contribution is -2.32. The second kappa shape index (κ2) is 9.33. The van der Waals surface area contributed by atoms with Crippen molar-refractivity contribution in [2.24, 2.45) is 0 Å². The van der Waals surface area contributed by atoms with Crippen molar-refractivity contribution >= 4 is 11.6 Å². The standard InChI is InChI=1S/C16H25ClFN/c1-3-5-6-7-15(19-10-4-2)12-13-11-14(17)8-9-16(13)18/h8-9,11,15,19H,3-7,10,12H2,1-2H3. The van der Waals surface area contributed by atoms with Crippen molar-refractivity contribution in [3.8, 4) is 0 Å². The molecule has 0 spiro atoms. The molecule has 1 aromatic rings. The topological polar surface area (TPSA) is 12.0 Å². The summed E-state index contributed by atoms with van der Waals surface area (Å²) in [6.45, 7) is 5.33. The van der Waals surface area contributed by atoms with Gasteiger partial charge in [0.25, 0.3) is 0 Å². The average molecular weight is 286 g/mol. The predicted molar refractivity (Wildman–Crippen MR) is 81.3 cm³/mol. The fraction of sp³-hybridized carbons (Fsp3) is 0.625. The molecule has 0 saturated carbocycles. The molecule has 1 aromatic carbocycles. The molecule has 1 nitrogen and oxygen atoms in total. The maximum atomic E-state index is 13.8. The van der Waals surface area contributed by atoms with E-state index in [-0.39, 0.29) is 5.82 Å². The summed E-state index contributed by atoms with van der Waals surface area (Å²) in [5, 5.41) is 4.12. The van der Waals surface area contributed by atoms with Crippen molar-refractivity contribution in [3.63, 3.8) is 0 Å². The first-order chi connectivity index (χ1) is 9.17. The van der Waals surface area contributed by atoms with Crippen LogP contribution in [0.5, 0.6) is 0 Å². The quantitative estimate of drug-likeness (QED) is 0.632. The van der Waals surface area contributed by atoms with Gasteiger partial charge in [0.15, 0.2) is 0 Å². The first-order valence-corrected chi connectivity index (χ1v) is 7.72. The van der Waals surface area contributed by atoms with E-state index in [9.17, 15) is 4.39 Å². The molecule has 0 heterocycles. The zero-order chi connectivity index (χ0) is 14.1. The molecule has 0 aromatic heterocycles. The van der Waals surface area contributed by atoms with Gasteiger partial charge in [0, 0.05) is 11.1 Å². The Morgan fingerprint density at radius 1 is 1.21 bits per heavy atom. The van der Waals surface area contributed by atoms with E-state index in [1.807, 2.05) is 0 Å². The maximum Gasteiger partial charge on any atom is 0.126 e. The number of hydrogen-bond donors (Lipinski definition) is 1. The molecule has 1 unspecified atom stereocenters. The molecular weight excluding hydrogens is 261 g/mol. The molecule has 108 valence electrons. The molecule has 0 amide bonds. The highest BCUT2D eigenvalue weighted by Gasteiger charge is 2.12. The van der Waals surface area contributed by atoms with Crippen molar-refractivity contribution in [2.75, 3.05) is 6.54 Å². The van der Waals surface area contributed by atoms with Gasteiger partial charge in [0.2, 0.25) is 0 Å². The summed E-state index contributed by atoms with van der Waals surface area (Å²) in [6.07, 6.45) is 6.56. The number of hydrogen-bond acceptors (Lipinski definition) is 1. The Bertz CT molecular complexity index is 368. The second-order valence-electron chi connectivity index (χ2n) is 5.09. The Balaban J connectivity index is 2.61. The minimum Gasteiger partial charge on any atom is -0.314 e. The van der Waals surface area contributed by atoms with Gasteiger partial charge < -0.3 is 5.32 Å². The van der Waals surface area contributed by atoms with Crippen LogP contribution in [-0.4, -0.2) is 12.6 Å². The molecule has 0 radical (unpaired) electrons. The van der Waals surface area contributed by atoms with Crippen molar-refractivity contribution < 1.29 is 4.39 Å². The fourth-order valence-corrected chi connectivity index (χ4v) is 2.43. The monoisotopic (exact) mass is 285 g/mol. The number of benzene rings is 1. The van der Waals surface area contributed by atoms with Crippen LogP contribution in [0.15, 0.2) is 18.2 Å². The van der Waals surface area contributed by atoms with Gasteiger partial charge in [-0.1, -0.05) is 44.7 Å². The predicted octanol–water partition coefficient (Wildman–Crippen LogP) is 4.97. The van der Waals surface area contributed by atoms with E-state index in [4.69, 9.17) is 11.6 Å². The van der Waals surface area contributed by atoms with Gasteiger partial charge in [-0.15, -0.1) is 0 Å². The third-order valence-electron chi connectivity index (χ3n) is 3.31. The second-order valence-corrected chi connectivity index (χ2v) is 5.52. The highest BCUT2D eigenvalue weighted by atomic mass is 35.5. The lowest BCUT2D eigenvalue weighted by molar-refractivity contribution is 0.449. The van der Waals surface area contributed by atoms with E-state index < -0.39 is 0 Å². The highest BCUT2D eigenvalue weighted by molar-refractivity contribution is 6.30. The molecule has 0 bridgehead atoms. The molecule has 0 fully saturated rings. The lowest BCUT2D eigenvalue weighted by atomic mass is 10.00. The molecule has 0 aliphatic carbocycles. The third-order valence-corrected chi connectivity index (χ3v) is 3.55. The van der Waals surface area contributed by atoms with Crippen molar-refractivity contribution in [1.82, 2.24) is 5.32 Å². The summed E-state index contributed by atoms with van der Waals surface area (Å²) in [7, 11) is 0. The Labute approximate surface area is 121 Å². The third kappa shape index (κ3) is 6.40. The summed E-state index contributed by atoms with van der Waals surface area (Å²) in [6, 6.07) is 5.16. The number of halogens is 2. The summed E-state index contributed by atoms with van der Waals surface area (Å²) < 4.78 is 13.8. The van der Waals surface area contributed by atoms with Gasteiger partial charge >= 0.3 is 0 Å². The van der Waals surface area contributed by atoms with Crippen LogP contribution < -0.4 is 5.32 Å². The minimum atomic E-state index is -0.150. The van der Waals surface area contributed by atoms with E-state index >= 15 is 0 Å². The zero-order valence-corrected chi connectivity index (χ0v) is 12.8. The SMILES string of the molecule is CCCCCC(Cc1cc(Cl)ccc1F)NCCC. The average Bonchev–Trinajstić information content (AvgIpc) is 2.40. The molecule has 1 rings (SSSR count). The maximum absolute atomic E-state index is 13.8. The van der Waals surface area contributed by atoms with Crippen LogP contribution in [-0.2, 0) is 6.42 Å². The largest absolute Gasteiger partial charge is 0.314 e. The van der Waals surface area contributed by atoms with Crippen LogP contribution in [0, 0.1) is 5.82 Å². The van der Waals surface area contributed by atoms with E-state index in [1.54, 1.807) is 12.1 Å². The highest BCUT2D eigenvalue weighted by Crippen LogP contribution is 2.18. The van der Waals surface area contributed by atoms with Crippen molar-refractivity contribution in [2.45, 2.75) is 58.4 Å². The Kier molecular flexibility index (Phi) is 8.08. The summed E-state index contributed by atoms with van der Waals surface area (Å²) in [5.74, 6) is -0.150. The van der Waals surface area contributed by atoms with Gasteiger partial charge in [0.1, 0.15) is 5.82 Å². The fourth-order valence-electron chi connectivity index (χ4n) is 2.23. The summed E-state index contributed by atoms with van der Waals surface area (Å²) >= 11 is 5.94. The lowest BCUT2D eigenvalue weighted by Gasteiger charge is -2.19. The van der Waals surface area contributed by atoms with E-state index in [2.05, 4.69) is 19.2 Å². The molecule has 1 N–H and O–H groups in total. The minimum absolute atomic E-state index is 0.150. The smallest absolute Gasteiger partial charge is 0.126 e. The Hall–Kier alpha value is -0.600. The molecule has 0 aliphatic rings. The van der Waals surface area contributed by atoms with Crippen LogP contribution in [0.4, 0.5) is 4.39 Å². The van der Waals surface area contributed by atoms with Gasteiger partial charge in [-0.2, -0.15) is 0 Å². The molecule has 3 heteroatoms. The number of rotatable bonds is 9. The zero-order valence-electron chi connectivity index (χ0n) is 12.0. The van der Waals surface area contributed by atoms with E-state index in [0.29, 0.717) is 11.1 Å². The number of unbranched alkanes of at least 4 members (excludes halogenated alkanes) is 2. The van der Waals surface area contributed by atoms with Crippen molar-refractivity contribution in [1.29, 1.82) is 0 Å². The van der Waals surface area contributed by atoms with E-state index in [0.717, 1.165) is 31.4 Å². The van der Waals surface area contributed by atoms with Gasteiger partial charge in [-0.05, 0) is 49.6 Å². The Morgan fingerprint density at radius 3 is 2.68 bits per heavy atom. The molecule has 0 saturated heterocycles. The molecule has 0 aliphatic heterocycles. The van der Waals surface area contributed by atoms with Crippen LogP contribution in [0.2, 0.25) is 5.02 Å². The Morgan fingerprint density at radius 2 is 2.00 bits per heavy atom. The van der Waals surface area contributed by atoms with Gasteiger partial charge in [-0.25, -0.2) is 4.39 Å².